The normalized spacial score (nSPS) is 18.7. The first-order valence-electron chi connectivity index (χ1n) is 6.68. The summed E-state index contributed by atoms with van der Waals surface area (Å²) in [5.41, 5.74) is 0. The van der Waals surface area contributed by atoms with Crippen LogP contribution in [-0.2, 0) is 4.74 Å². The van der Waals surface area contributed by atoms with Crippen molar-refractivity contribution in [3.63, 3.8) is 0 Å². The van der Waals surface area contributed by atoms with Gasteiger partial charge in [0.25, 0.3) is 0 Å². The minimum Gasteiger partial charge on any atom is -0.381 e. The van der Waals surface area contributed by atoms with E-state index in [1.165, 1.54) is 51.4 Å². The first-order chi connectivity index (χ1) is 7.43. The van der Waals surface area contributed by atoms with Crippen LogP contribution < -0.4 is 0 Å². The standard InChI is InChI=1S/C14H26O/c1-2-3-4-5-6-7-8-9-14-10-12-15-13-11-14/h8-9,14H,2-7,10-13H2,1H3/b9-8+. The third kappa shape index (κ3) is 6.72. The molecule has 0 saturated carbocycles. The lowest BCUT2D eigenvalue weighted by molar-refractivity contribution is 0.0785. The summed E-state index contributed by atoms with van der Waals surface area (Å²) in [5, 5.41) is 0. The van der Waals surface area contributed by atoms with E-state index in [-0.39, 0.29) is 0 Å². The maximum atomic E-state index is 5.34. The lowest BCUT2D eigenvalue weighted by Crippen LogP contribution is -2.13. The maximum absolute atomic E-state index is 5.34. The summed E-state index contributed by atoms with van der Waals surface area (Å²) in [6.07, 6.45) is 15.5. The summed E-state index contributed by atoms with van der Waals surface area (Å²) < 4.78 is 5.34. The maximum Gasteiger partial charge on any atom is 0.0471 e. The second-order valence-corrected chi connectivity index (χ2v) is 4.58. The van der Waals surface area contributed by atoms with E-state index in [2.05, 4.69) is 19.1 Å². The Labute approximate surface area is 94.9 Å². The van der Waals surface area contributed by atoms with Gasteiger partial charge >= 0.3 is 0 Å². The van der Waals surface area contributed by atoms with E-state index in [9.17, 15) is 0 Å². The number of ether oxygens (including phenoxy) is 1. The van der Waals surface area contributed by atoms with Gasteiger partial charge in [0.2, 0.25) is 0 Å². The molecule has 0 aliphatic carbocycles. The molecule has 1 aliphatic heterocycles. The zero-order valence-corrected chi connectivity index (χ0v) is 10.2. The van der Waals surface area contributed by atoms with Gasteiger partial charge in [0.05, 0.1) is 0 Å². The lowest BCUT2D eigenvalue weighted by atomic mass is 9.99. The Morgan fingerprint density at radius 3 is 2.53 bits per heavy atom. The van der Waals surface area contributed by atoms with E-state index in [0.717, 1.165) is 19.1 Å². The summed E-state index contributed by atoms with van der Waals surface area (Å²) >= 11 is 0. The van der Waals surface area contributed by atoms with Gasteiger partial charge in [0, 0.05) is 13.2 Å². The summed E-state index contributed by atoms with van der Waals surface area (Å²) in [6.45, 7) is 4.20. The van der Waals surface area contributed by atoms with E-state index in [1.54, 1.807) is 0 Å². The summed E-state index contributed by atoms with van der Waals surface area (Å²) in [4.78, 5) is 0. The molecule has 0 atom stereocenters. The summed E-state index contributed by atoms with van der Waals surface area (Å²) in [5.74, 6) is 0.800. The monoisotopic (exact) mass is 210 g/mol. The fourth-order valence-electron chi connectivity index (χ4n) is 2.06. The Kier molecular flexibility index (Phi) is 7.63. The average Bonchev–Trinajstić information content (AvgIpc) is 2.29. The predicted molar refractivity (Wildman–Crippen MR) is 66.1 cm³/mol. The van der Waals surface area contributed by atoms with Crippen molar-refractivity contribution in [2.45, 2.75) is 58.3 Å². The molecule has 0 unspecified atom stereocenters. The Balaban J connectivity index is 1.91. The minimum atomic E-state index is 0.800. The van der Waals surface area contributed by atoms with E-state index >= 15 is 0 Å². The molecule has 0 amide bonds. The van der Waals surface area contributed by atoms with Gasteiger partial charge in [-0.25, -0.2) is 0 Å². The van der Waals surface area contributed by atoms with Gasteiger partial charge in [-0.15, -0.1) is 0 Å². The van der Waals surface area contributed by atoms with Crippen LogP contribution in [0.3, 0.4) is 0 Å². The fraction of sp³-hybridized carbons (Fsp3) is 0.857. The van der Waals surface area contributed by atoms with E-state index in [4.69, 9.17) is 4.74 Å². The molecule has 1 heterocycles. The number of hydrogen-bond donors (Lipinski definition) is 0. The van der Waals surface area contributed by atoms with Crippen LogP contribution in [0.4, 0.5) is 0 Å². The molecule has 1 aliphatic rings. The van der Waals surface area contributed by atoms with Crippen molar-refractivity contribution in [1.82, 2.24) is 0 Å². The van der Waals surface area contributed by atoms with Crippen molar-refractivity contribution in [3.8, 4) is 0 Å². The van der Waals surface area contributed by atoms with Crippen LogP contribution in [0.5, 0.6) is 0 Å². The number of hydrogen-bond acceptors (Lipinski definition) is 1. The molecule has 1 saturated heterocycles. The Hall–Kier alpha value is -0.300. The third-order valence-electron chi connectivity index (χ3n) is 3.15. The Morgan fingerprint density at radius 2 is 1.80 bits per heavy atom. The molecule has 0 bridgehead atoms. The highest BCUT2D eigenvalue weighted by molar-refractivity contribution is 4.89. The van der Waals surface area contributed by atoms with Gasteiger partial charge in [-0.05, 0) is 31.6 Å². The van der Waals surface area contributed by atoms with Crippen molar-refractivity contribution in [2.75, 3.05) is 13.2 Å². The summed E-state index contributed by atoms with van der Waals surface area (Å²) in [7, 11) is 0. The molecule has 0 radical (unpaired) electrons. The third-order valence-corrected chi connectivity index (χ3v) is 3.15. The molecule has 0 N–H and O–H groups in total. The van der Waals surface area contributed by atoms with Gasteiger partial charge in [0.1, 0.15) is 0 Å². The highest BCUT2D eigenvalue weighted by atomic mass is 16.5. The fourth-order valence-corrected chi connectivity index (χ4v) is 2.06. The molecule has 1 nitrogen and oxygen atoms in total. The Bertz CT molecular complexity index is 157. The van der Waals surface area contributed by atoms with Gasteiger partial charge in [-0.2, -0.15) is 0 Å². The largest absolute Gasteiger partial charge is 0.381 e. The molecular formula is C14H26O. The molecule has 15 heavy (non-hydrogen) atoms. The second-order valence-electron chi connectivity index (χ2n) is 4.58. The van der Waals surface area contributed by atoms with Gasteiger partial charge in [-0.3, -0.25) is 0 Å². The molecule has 88 valence electrons. The van der Waals surface area contributed by atoms with Crippen LogP contribution in [0, 0.1) is 5.92 Å². The molecular weight excluding hydrogens is 184 g/mol. The Morgan fingerprint density at radius 1 is 1.07 bits per heavy atom. The number of unbranched alkanes of at least 4 members (excludes halogenated alkanes) is 5. The number of allylic oxidation sites excluding steroid dienone is 2. The summed E-state index contributed by atoms with van der Waals surface area (Å²) in [6, 6.07) is 0. The van der Waals surface area contributed by atoms with Crippen LogP contribution >= 0.6 is 0 Å². The smallest absolute Gasteiger partial charge is 0.0471 e. The van der Waals surface area contributed by atoms with Crippen molar-refractivity contribution in [1.29, 1.82) is 0 Å². The zero-order chi connectivity index (χ0) is 10.8. The average molecular weight is 210 g/mol. The van der Waals surface area contributed by atoms with Gasteiger partial charge in [0.15, 0.2) is 0 Å². The second kappa shape index (κ2) is 8.96. The molecule has 0 spiro atoms. The van der Waals surface area contributed by atoms with E-state index in [0.29, 0.717) is 0 Å². The minimum absolute atomic E-state index is 0.800. The van der Waals surface area contributed by atoms with Crippen LogP contribution in [0.1, 0.15) is 58.3 Å². The van der Waals surface area contributed by atoms with Crippen LogP contribution in [0.15, 0.2) is 12.2 Å². The highest BCUT2D eigenvalue weighted by Gasteiger charge is 2.09. The topological polar surface area (TPSA) is 9.23 Å². The molecule has 1 fully saturated rings. The lowest BCUT2D eigenvalue weighted by Gasteiger charge is -2.18. The van der Waals surface area contributed by atoms with Crippen molar-refractivity contribution < 1.29 is 4.74 Å². The van der Waals surface area contributed by atoms with Crippen LogP contribution in [0.25, 0.3) is 0 Å². The molecule has 0 aromatic carbocycles. The SMILES string of the molecule is CCCCCCC/C=C/C1CCOCC1. The highest BCUT2D eigenvalue weighted by Crippen LogP contribution is 2.16. The molecule has 0 aromatic heterocycles. The zero-order valence-electron chi connectivity index (χ0n) is 10.2. The molecule has 1 heteroatoms. The van der Waals surface area contributed by atoms with Crippen LogP contribution in [-0.4, -0.2) is 13.2 Å². The van der Waals surface area contributed by atoms with E-state index < -0.39 is 0 Å². The van der Waals surface area contributed by atoms with Gasteiger partial charge in [-0.1, -0.05) is 44.8 Å². The molecule has 0 aromatic rings. The first-order valence-corrected chi connectivity index (χ1v) is 6.68. The quantitative estimate of drug-likeness (QED) is 0.449. The van der Waals surface area contributed by atoms with Gasteiger partial charge < -0.3 is 4.74 Å². The predicted octanol–water partition coefficient (Wildman–Crippen LogP) is 4.33. The van der Waals surface area contributed by atoms with Crippen LogP contribution in [0.2, 0.25) is 0 Å². The van der Waals surface area contributed by atoms with Crippen molar-refractivity contribution in [3.05, 3.63) is 12.2 Å². The number of rotatable bonds is 7. The van der Waals surface area contributed by atoms with Crippen molar-refractivity contribution >= 4 is 0 Å². The van der Waals surface area contributed by atoms with E-state index in [1.807, 2.05) is 0 Å². The molecule has 1 rings (SSSR count). The first kappa shape index (κ1) is 12.8. The van der Waals surface area contributed by atoms with Crippen molar-refractivity contribution in [2.24, 2.45) is 5.92 Å².